The second kappa shape index (κ2) is 7.56. The zero-order chi connectivity index (χ0) is 15.3. The largest absolute Gasteiger partial charge is 0.381 e. The van der Waals surface area contributed by atoms with E-state index in [0.717, 1.165) is 51.7 Å². The topological polar surface area (TPSA) is 67.6 Å². The number of primary amides is 1. The molecule has 2 aliphatic rings. The number of hydrogen-bond donors (Lipinski definition) is 2. The summed E-state index contributed by atoms with van der Waals surface area (Å²) in [7, 11) is 1.80. The summed E-state index contributed by atoms with van der Waals surface area (Å²) < 4.78 is 5.39. The van der Waals surface area contributed by atoms with Gasteiger partial charge in [0.2, 0.25) is 5.91 Å². The molecule has 1 saturated carbocycles. The summed E-state index contributed by atoms with van der Waals surface area (Å²) >= 11 is 0. The maximum atomic E-state index is 11.7. The maximum absolute atomic E-state index is 11.7. The highest BCUT2D eigenvalue weighted by Gasteiger charge is 2.36. The zero-order valence-electron chi connectivity index (χ0n) is 13.6. The molecule has 1 amide bonds. The minimum absolute atomic E-state index is 0.213. The van der Waals surface area contributed by atoms with Gasteiger partial charge in [-0.3, -0.25) is 4.79 Å². The molecule has 5 nitrogen and oxygen atoms in total. The average Bonchev–Trinajstić information content (AvgIpc) is 3.28. The summed E-state index contributed by atoms with van der Waals surface area (Å²) in [5, 5.41) is 3.41. The molecule has 0 bridgehead atoms. The molecule has 1 heterocycles. The smallest absolute Gasteiger partial charge is 0.237 e. The Labute approximate surface area is 128 Å². The fourth-order valence-electron chi connectivity index (χ4n) is 3.13. The first-order valence-electron chi connectivity index (χ1n) is 8.36. The van der Waals surface area contributed by atoms with Crippen molar-refractivity contribution in [3.63, 3.8) is 0 Å². The lowest BCUT2D eigenvalue weighted by atomic mass is 9.93. The van der Waals surface area contributed by atoms with Gasteiger partial charge >= 0.3 is 0 Å². The number of carbonyl (C=O) groups excluding carboxylic acids is 1. The second-order valence-electron chi connectivity index (χ2n) is 6.85. The summed E-state index contributed by atoms with van der Waals surface area (Å²) in [6.07, 6.45) is 8.09. The molecule has 0 aromatic rings. The molecular weight excluding hydrogens is 266 g/mol. The molecule has 1 atom stereocenters. The van der Waals surface area contributed by atoms with Crippen LogP contribution in [0.3, 0.4) is 0 Å². The van der Waals surface area contributed by atoms with E-state index in [-0.39, 0.29) is 5.91 Å². The number of nitrogens with zero attached hydrogens (tertiary/aromatic N) is 1. The third-order valence-electron chi connectivity index (χ3n) is 4.91. The number of amides is 1. The lowest BCUT2D eigenvalue weighted by molar-refractivity contribution is -0.124. The number of rotatable bonds is 9. The Bertz CT molecular complexity index is 338. The van der Waals surface area contributed by atoms with Crippen molar-refractivity contribution in [3.05, 3.63) is 0 Å². The van der Waals surface area contributed by atoms with E-state index in [4.69, 9.17) is 10.5 Å². The molecule has 1 saturated heterocycles. The van der Waals surface area contributed by atoms with Crippen LogP contribution in [0, 0.1) is 0 Å². The summed E-state index contributed by atoms with van der Waals surface area (Å²) in [5.41, 5.74) is 5.05. The Balaban J connectivity index is 1.62. The van der Waals surface area contributed by atoms with Crippen molar-refractivity contribution in [1.29, 1.82) is 0 Å². The molecule has 2 rings (SSSR count). The van der Waals surface area contributed by atoms with E-state index in [1.807, 2.05) is 6.92 Å². The zero-order valence-corrected chi connectivity index (χ0v) is 13.6. The minimum Gasteiger partial charge on any atom is -0.381 e. The Morgan fingerprint density at radius 2 is 1.95 bits per heavy atom. The summed E-state index contributed by atoms with van der Waals surface area (Å²) in [4.78, 5) is 14.2. The Morgan fingerprint density at radius 3 is 2.48 bits per heavy atom. The van der Waals surface area contributed by atoms with E-state index < -0.39 is 5.54 Å². The number of nitrogens with one attached hydrogen (secondary N) is 1. The number of unbranched alkanes of at least 4 members (excludes halogenated alkanes) is 1. The van der Waals surface area contributed by atoms with E-state index in [9.17, 15) is 4.79 Å². The van der Waals surface area contributed by atoms with Gasteiger partial charge in [-0.05, 0) is 58.4 Å². The van der Waals surface area contributed by atoms with Crippen molar-refractivity contribution in [2.75, 3.05) is 26.7 Å². The number of methoxy groups -OCH3 is 1. The van der Waals surface area contributed by atoms with E-state index >= 15 is 0 Å². The van der Waals surface area contributed by atoms with Gasteiger partial charge in [0, 0.05) is 26.2 Å². The fraction of sp³-hybridized carbons (Fsp3) is 0.938. The molecule has 0 radical (unpaired) electrons. The van der Waals surface area contributed by atoms with Crippen LogP contribution in [0.4, 0.5) is 0 Å². The molecule has 1 aliphatic heterocycles. The molecule has 0 aromatic carbocycles. The van der Waals surface area contributed by atoms with Crippen LogP contribution in [-0.4, -0.2) is 55.2 Å². The van der Waals surface area contributed by atoms with Crippen molar-refractivity contribution in [1.82, 2.24) is 10.2 Å². The molecular formula is C16H31N3O2. The normalized spacial score (nSPS) is 23.9. The van der Waals surface area contributed by atoms with Crippen LogP contribution >= 0.6 is 0 Å². The van der Waals surface area contributed by atoms with Gasteiger partial charge in [-0.25, -0.2) is 0 Å². The molecule has 0 spiro atoms. The van der Waals surface area contributed by atoms with Crippen LogP contribution in [0.15, 0.2) is 0 Å². The van der Waals surface area contributed by atoms with Gasteiger partial charge in [0.25, 0.3) is 0 Å². The van der Waals surface area contributed by atoms with Crippen molar-refractivity contribution in [2.45, 2.75) is 69.6 Å². The average molecular weight is 297 g/mol. The van der Waals surface area contributed by atoms with E-state index in [1.165, 1.54) is 12.8 Å². The Hall–Kier alpha value is -0.650. The molecule has 1 aliphatic carbocycles. The highest BCUT2D eigenvalue weighted by molar-refractivity contribution is 5.84. The maximum Gasteiger partial charge on any atom is 0.237 e. The lowest BCUT2D eigenvalue weighted by Crippen LogP contribution is -2.54. The standard InChI is InChI=1S/C16H31N3O2/c1-16(15(17)20,18-13-5-6-13)9-3-4-10-19-11-7-14(21-2)8-12-19/h13-14,18H,3-12H2,1-2H3,(H2,17,20). The number of likely N-dealkylation sites (tertiary alicyclic amines) is 1. The third kappa shape index (κ3) is 5.24. The minimum atomic E-state index is -0.524. The fourth-order valence-corrected chi connectivity index (χ4v) is 3.13. The highest BCUT2D eigenvalue weighted by atomic mass is 16.5. The third-order valence-corrected chi connectivity index (χ3v) is 4.91. The monoisotopic (exact) mass is 297 g/mol. The molecule has 5 heteroatoms. The first-order chi connectivity index (χ1) is 10.0. The van der Waals surface area contributed by atoms with Crippen molar-refractivity contribution < 1.29 is 9.53 Å². The van der Waals surface area contributed by atoms with Crippen molar-refractivity contribution >= 4 is 5.91 Å². The second-order valence-corrected chi connectivity index (χ2v) is 6.85. The SMILES string of the molecule is COC1CCN(CCCCC(C)(NC2CC2)C(N)=O)CC1. The van der Waals surface area contributed by atoms with Gasteiger partial charge in [-0.1, -0.05) is 0 Å². The van der Waals surface area contributed by atoms with Crippen LogP contribution < -0.4 is 11.1 Å². The van der Waals surface area contributed by atoms with Crippen LogP contribution in [-0.2, 0) is 9.53 Å². The van der Waals surface area contributed by atoms with E-state index in [0.29, 0.717) is 12.1 Å². The van der Waals surface area contributed by atoms with Gasteiger partial charge in [-0.2, -0.15) is 0 Å². The Morgan fingerprint density at radius 1 is 1.29 bits per heavy atom. The van der Waals surface area contributed by atoms with E-state index in [1.54, 1.807) is 7.11 Å². The predicted molar refractivity (Wildman–Crippen MR) is 84.1 cm³/mol. The van der Waals surface area contributed by atoms with Crippen molar-refractivity contribution in [3.8, 4) is 0 Å². The molecule has 1 unspecified atom stereocenters. The number of nitrogens with two attached hydrogens (primary N) is 1. The van der Waals surface area contributed by atoms with Crippen LogP contribution in [0.1, 0.15) is 51.9 Å². The molecule has 122 valence electrons. The summed E-state index contributed by atoms with van der Waals surface area (Å²) in [6.45, 7) is 5.34. The Kier molecular flexibility index (Phi) is 6.02. The van der Waals surface area contributed by atoms with Gasteiger partial charge in [0.15, 0.2) is 0 Å². The summed E-state index contributed by atoms with van der Waals surface area (Å²) in [5.74, 6) is -0.213. The van der Waals surface area contributed by atoms with Gasteiger partial charge in [0.05, 0.1) is 11.6 Å². The highest BCUT2D eigenvalue weighted by Crippen LogP contribution is 2.25. The van der Waals surface area contributed by atoms with Crippen LogP contribution in [0.5, 0.6) is 0 Å². The molecule has 2 fully saturated rings. The lowest BCUT2D eigenvalue weighted by Gasteiger charge is -2.32. The van der Waals surface area contributed by atoms with Crippen LogP contribution in [0.25, 0.3) is 0 Å². The first-order valence-corrected chi connectivity index (χ1v) is 8.36. The van der Waals surface area contributed by atoms with Crippen LogP contribution in [0.2, 0.25) is 0 Å². The molecule has 0 aromatic heterocycles. The number of piperidine rings is 1. The van der Waals surface area contributed by atoms with Gasteiger partial charge in [-0.15, -0.1) is 0 Å². The number of ether oxygens (including phenoxy) is 1. The van der Waals surface area contributed by atoms with E-state index in [2.05, 4.69) is 10.2 Å². The van der Waals surface area contributed by atoms with Gasteiger partial charge in [0.1, 0.15) is 0 Å². The molecule has 3 N–H and O–H groups in total. The first kappa shape index (κ1) is 16.7. The molecule has 21 heavy (non-hydrogen) atoms. The van der Waals surface area contributed by atoms with Gasteiger partial charge < -0.3 is 20.7 Å². The summed E-state index contributed by atoms with van der Waals surface area (Å²) in [6, 6.07) is 0.510. The predicted octanol–water partition coefficient (Wildman–Crippen LogP) is 1.26. The van der Waals surface area contributed by atoms with Crippen molar-refractivity contribution in [2.24, 2.45) is 5.73 Å². The number of carbonyl (C=O) groups is 1. The quantitative estimate of drug-likeness (QED) is 0.629. The number of hydrogen-bond acceptors (Lipinski definition) is 4.